The van der Waals surface area contributed by atoms with E-state index < -0.39 is 23.1 Å². The smallest absolute Gasteiger partial charge is 0.324 e. The molecule has 1 aliphatic rings. The van der Waals surface area contributed by atoms with E-state index in [0.29, 0.717) is 12.8 Å². The van der Waals surface area contributed by atoms with Gasteiger partial charge in [0, 0.05) is 6.07 Å². The summed E-state index contributed by atoms with van der Waals surface area (Å²) in [6.07, 6.45) is 2.80. The van der Waals surface area contributed by atoms with Crippen molar-refractivity contribution in [2.45, 2.75) is 31.2 Å². The molecule has 2 unspecified atom stereocenters. The summed E-state index contributed by atoms with van der Waals surface area (Å²) >= 11 is 0. The SMILES string of the molecule is CNC1(C(=O)O)CCCC1CCOc1ccc(F)c(F)c1. The highest BCUT2D eigenvalue weighted by molar-refractivity contribution is 5.79. The fourth-order valence-electron chi connectivity index (χ4n) is 3.07. The molecule has 0 radical (unpaired) electrons. The molecule has 1 aromatic carbocycles. The second kappa shape index (κ2) is 6.39. The van der Waals surface area contributed by atoms with Crippen LogP contribution in [0.5, 0.6) is 5.75 Å². The van der Waals surface area contributed by atoms with Crippen molar-refractivity contribution in [3.05, 3.63) is 29.8 Å². The third-order valence-electron chi connectivity index (χ3n) is 4.27. The van der Waals surface area contributed by atoms with Gasteiger partial charge in [0.2, 0.25) is 0 Å². The van der Waals surface area contributed by atoms with Crippen LogP contribution in [-0.2, 0) is 4.79 Å². The van der Waals surface area contributed by atoms with Gasteiger partial charge < -0.3 is 15.2 Å². The minimum atomic E-state index is -0.955. The maximum atomic E-state index is 13.0. The van der Waals surface area contributed by atoms with Gasteiger partial charge in [-0.1, -0.05) is 6.42 Å². The van der Waals surface area contributed by atoms with E-state index in [4.69, 9.17) is 4.74 Å². The Kier molecular flexibility index (Phi) is 4.77. The number of carboxylic acids is 1. The summed E-state index contributed by atoms with van der Waals surface area (Å²) in [6.45, 7) is 0.270. The summed E-state index contributed by atoms with van der Waals surface area (Å²) in [6, 6.07) is 3.36. The molecule has 1 aliphatic carbocycles. The zero-order valence-electron chi connectivity index (χ0n) is 11.9. The third-order valence-corrected chi connectivity index (χ3v) is 4.27. The predicted octanol–water partition coefficient (Wildman–Crippen LogP) is 2.58. The molecular formula is C15H19F2NO3. The predicted molar refractivity (Wildman–Crippen MR) is 73.2 cm³/mol. The van der Waals surface area contributed by atoms with E-state index in [-0.39, 0.29) is 18.3 Å². The van der Waals surface area contributed by atoms with E-state index in [0.717, 1.165) is 25.0 Å². The van der Waals surface area contributed by atoms with Crippen molar-refractivity contribution in [3.8, 4) is 5.75 Å². The van der Waals surface area contributed by atoms with E-state index in [1.54, 1.807) is 7.05 Å². The van der Waals surface area contributed by atoms with Crippen LogP contribution in [0.25, 0.3) is 0 Å². The molecule has 2 atom stereocenters. The molecule has 1 saturated carbocycles. The number of likely N-dealkylation sites (N-methyl/N-ethyl adjacent to an activating group) is 1. The van der Waals surface area contributed by atoms with Crippen LogP contribution < -0.4 is 10.1 Å². The first-order chi connectivity index (χ1) is 9.99. The Labute approximate surface area is 122 Å². The number of rotatable bonds is 6. The molecule has 0 saturated heterocycles. The lowest BCUT2D eigenvalue weighted by Crippen LogP contribution is -2.53. The standard InChI is InChI=1S/C15H19F2NO3/c1-18-15(14(19)20)7-2-3-10(15)6-8-21-11-4-5-12(16)13(17)9-11/h4-5,9-10,18H,2-3,6-8H2,1H3,(H,19,20). The van der Waals surface area contributed by atoms with Gasteiger partial charge in [-0.05, 0) is 44.4 Å². The zero-order chi connectivity index (χ0) is 15.5. The van der Waals surface area contributed by atoms with Crippen LogP contribution in [0.2, 0.25) is 0 Å². The topological polar surface area (TPSA) is 58.6 Å². The van der Waals surface area contributed by atoms with Gasteiger partial charge in [-0.3, -0.25) is 4.79 Å². The lowest BCUT2D eigenvalue weighted by Gasteiger charge is -2.30. The summed E-state index contributed by atoms with van der Waals surface area (Å²) in [7, 11) is 1.66. The summed E-state index contributed by atoms with van der Waals surface area (Å²) in [4.78, 5) is 11.5. The van der Waals surface area contributed by atoms with Crippen molar-refractivity contribution in [2.75, 3.05) is 13.7 Å². The van der Waals surface area contributed by atoms with Gasteiger partial charge in [-0.15, -0.1) is 0 Å². The molecule has 1 fully saturated rings. The monoisotopic (exact) mass is 299 g/mol. The van der Waals surface area contributed by atoms with Gasteiger partial charge >= 0.3 is 5.97 Å². The Hall–Kier alpha value is -1.69. The van der Waals surface area contributed by atoms with Crippen molar-refractivity contribution in [3.63, 3.8) is 0 Å². The van der Waals surface area contributed by atoms with Gasteiger partial charge in [0.05, 0.1) is 6.61 Å². The number of benzene rings is 1. The van der Waals surface area contributed by atoms with Crippen LogP contribution in [0.4, 0.5) is 8.78 Å². The van der Waals surface area contributed by atoms with Crippen molar-refractivity contribution in [1.29, 1.82) is 0 Å². The Bertz CT molecular complexity index is 524. The minimum Gasteiger partial charge on any atom is -0.493 e. The summed E-state index contributed by atoms with van der Waals surface area (Å²) in [5.74, 6) is -2.51. The molecule has 0 aliphatic heterocycles. The molecule has 0 heterocycles. The highest BCUT2D eigenvalue weighted by atomic mass is 19.2. The fraction of sp³-hybridized carbons (Fsp3) is 0.533. The largest absolute Gasteiger partial charge is 0.493 e. The lowest BCUT2D eigenvalue weighted by molar-refractivity contribution is -0.146. The second-order valence-electron chi connectivity index (χ2n) is 5.33. The molecule has 2 rings (SSSR count). The van der Waals surface area contributed by atoms with Crippen molar-refractivity contribution in [1.82, 2.24) is 5.32 Å². The molecule has 0 spiro atoms. The third kappa shape index (κ3) is 3.15. The summed E-state index contributed by atoms with van der Waals surface area (Å²) < 4.78 is 31.2. The molecule has 21 heavy (non-hydrogen) atoms. The van der Waals surface area contributed by atoms with E-state index in [9.17, 15) is 18.7 Å². The van der Waals surface area contributed by atoms with Gasteiger partial charge in [-0.25, -0.2) is 8.78 Å². The maximum Gasteiger partial charge on any atom is 0.324 e. The normalized spacial score (nSPS) is 25.0. The zero-order valence-corrected chi connectivity index (χ0v) is 11.9. The first kappa shape index (κ1) is 15.7. The molecule has 0 bridgehead atoms. The minimum absolute atomic E-state index is 0.0368. The maximum absolute atomic E-state index is 13.0. The van der Waals surface area contributed by atoms with Gasteiger partial charge in [0.15, 0.2) is 11.6 Å². The van der Waals surface area contributed by atoms with Crippen LogP contribution in [0.3, 0.4) is 0 Å². The second-order valence-corrected chi connectivity index (χ2v) is 5.33. The van der Waals surface area contributed by atoms with Gasteiger partial charge in [-0.2, -0.15) is 0 Å². The van der Waals surface area contributed by atoms with Crippen LogP contribution >= 0.6 is 0 Å². The summed E-state index contributed by atoms with van der Waals surface area (Å²) in [5, 5.41) is 12.4. The number of carboxylic acid groups (broad SMARTS) is 1. The van der Waals surface area contributed by atoms with Crippen molar-refractivity contribution >= 4 is 5.97 Å². The van der Waals surface area contributed by atoms with Crippen molar-refractivity contribution in [2.24, 2.45) is 5.92 Å². The highest BCUT2D eigenvalue weighted by Crippen LogP contribution is 2.38. The average Bonchev–Trinajstić information content (AvgIpc) is 2.87. The highest BCUT2D eigenvalue weighted by Gasteiger charge is 2.47. The molecule has 1 aromatic rings. The number of hydrogen-bond donors (Lipinski definition) is 2. The van der Waals surface area contributed by atoms with Crippen LogP contribution in [0.15, 0.2) is 18.2 Å². The van der Waals surface area contributed by atoms with Gasteiger partial charge in [0.1, 0.15) is 11.3 Å². The molecule has 116 valence electrons. The molecule has 4 nitrogen and oxygen atoms in total. The number of carbonyl (C=O) groups is 1. The number of ether oxygens (including phenoxy) is 1. The molecule has 2 N–H and O–H groups in total. The van der Waals surface area contributed by atoms with E-state index in [1.807, 2.05) is 0 Å². The number of aliphatic carboxylic acids is 1. The van der Waals surface area contributed by atoms with Crippen molar-refractivity contribution < 1.29 is 23.4 Å². The van der Waals surface area contributed by atoms with Crippen LogP contribution in [-0.4, -0.2) is 30.3 Å². The number of hydrogen-bond acceptors (Lipinski definition) is 3. The first-order valence-electron chi connectivity index (χ1n) is 7.00. The Morgan fingerprint density at radius 1 is 1.48 bits per heavy atom. The van der Waals surface area contributed by atoms with Gasteiger partial charge in [0.25, 0.3) is 0 Å². The molecular weight excluding hydrogens is 280 g/mol. The van der Waals surface area contributed by atoms with E-state index >= 15 is 0 Å². The number of halogens is 2. The van der Waals surface area contributed by atoms with E-state index in [2.05, 4.69) is 5.32 Å². The Balaban J connectivity index is 1.93. The molecule has 0 aromatic heterocycles. The van der Waals surface area contributed by atoms with Crippen LogP contribution in [0, 0.1) is 17.6 Å². The Morgan fingerprint density at radius 2 is 2.24 bits per heavy atom. The van der Waals surface area contributed by atoms with E-state index in [1.165, 1.54) is 6.07 Å². The average molecular weight is 299 g/mol. The number of nitrogens with one attached hydrogen (secondary N) is 1. The molecule has 0 amide bonds. The fourth-order valence-corrected chi connectivity index (χ4v) is 3.07. The quantitative estimate of drug-likeness (QED) is 0.847. The Morgan fingerprint density at radius 3 is 2.86 bits per heavy atom. The van der Waals surface area contributed by atoms with Crippen LogP contribution in [0.1, 0.15) is 25.7 Å². The molecule has 6 heteroatoms. The lowest BCUT2D eigenvalue weighted by atomic mass is 9.85. The first-order valence-corrected chi connectivity index (χ1v) is 7.00. The summed E-state index contributed by atoms with van der Waals surface area (Å²) in [5.41, 5.74) is -0.905.